The Morgan fingerprint density at radius 1 is 1.24 bits per heavy atom. The molecule has 0 bridgehead atoms. The predicted octanol–water partition coefficient (Wildman–Crippen LogP) is 4.62. The Kier molecular flexibility index (Phi) is 4.16. The van der Waals surface area contributed by atoms with Gasteiger partial charge in [0, 0.05) is 0 Å². The van der Waals surface area contributed by atoms with E-state index in [0.29, 0.717) is 12.0 Å². The van der Waals surface area contributed by atoms with Gasteiger partial charge in [-0.15, -0.1) is 11.6 Å². The van der Waals surface area contributed by atoms with Crippen molar-refractivity contribution in [3.05, 3.63) is 47.0 Å². The van der Waals surface area contributed by atoms with Gasteiger partial charge in [-0.05, 0) is 37.3 Å². The van der Waals surface area contributed by atoms with Gasteiger partial charge in [-0.3, -0.25) is 0 Å². The van der Waals surface area contributed by atoms with Crippen LogP contribution in [0.2, 0.25) is 0 Å². The Labute approximate surface area is 105 Å². The fourth-order valence-corrected chi connectivity index (χ4v) is 2.52. The predicted molar refractivity (Wildman–Crippen MR) is 66.3 cm³/mol. The molecule has 0 aliphatic heterocycles. The lowest BCUT2D eigenvalue weighted by Gasteiger charge is -2.07. The molecule has 1 aliphatic carbocycles. The van der Waals surface area contributed by atoms with Gasteiger partial charge in [-0.2, -0.15) is 0 Å². The molecule has 3 heteroatoms. The van der Waals surface area contributed by atoms with Crippen LogP contribution in [0.4, 0.5) is 8.78 Å². The van der Waals surface area contributed by atoms with Crippen molar-refractivity contribution in [3.63, 3.8) is 0 Å². The standard InChI is InChI=1S/C14H15ClF2/c15-12-6-2-1-4-10(9-12)8-11-5-3-7-13(16)14(11)17/h3,5,7,9,12H,1-2,4,6,8H2. The van der Waals surface area contributed by atoms with Crippen molar-refractivity contribution in [2.45, 2.75) is 37.5 Å². The van der Waals surface area contributed by atoms with Crippen molar-refractivity contribution in [3.8, 4) is 0 Å². The summed E-state index contributed by atoms with van der Waals surface area (Å²) in [7, 11) is 0. The maximum atomic E-state index is 13.5. The largest absolute Gasteiger partial charge is 0.204 e. The van der Waals surface area contributed by atoms with E-state index in [1.54, 1.807) is 12.1 Å². The minimum atomic E-state index is -0.779. The van der Waals surface area contributed by atoms with E-state index < -0.39 is 11.6 Å². The molecule has 0 saturated heterocycles. The highest BCUT2D eigenvalue weighted by Crippen LogP contribution is 2.25. The first-order valence-corrected chi connectivity index (χ1v) is 6.37. The molecule has 0 amide bonds. The Bertz CT molecular complexity index is 426. The van der Waals surface area contributed by atoms with Crippen LogP contribution in [0.25, 0.3) is 0 Å². The average molecular weight is 257 g/mol. The molecule has 0 saturated carbocycles. The summed E-state index contributed by atoms with van der Waals surface area (Å²) in [4.78, 5) is 0. The van der Waals surface area contributed by atoms with Crippen LogP contribution in [-0.2, 0) is 6.42 Å². The van der Waals surface area contributed by atoms with E-state index in [0.717, 1.165) is 37.3 Å². The summed E-state index contributed by atoms with van der Waals surface area (Å²) in [6.45, 7) is 0. The zero-order chi connectivity index (χ0) is 12.3. The van der Waals surface area contributed by atoms with E-state index in [1.807, 2.05) is 6.08 Å². The molecule has 1 atom stereocenters. The van der Waals surface area contributed by atoms with Crippen molar-refractivity contribution < 1.29 is 8.78 Å². The molecule has 0 fully saturated rings. The number of halogens is 3. The lowest BCUT2D eigenvalue weighted by Crippen LogP contribution is -1.98. The fraction of sp³-hybridized carbons (Fsp3) is 0.429. The summed E-state index contributed by atoms with van der Waals surface area (Å²) >= 11 is 6.11. The smallest absolute Gasteiger partial charge is 0.162 e. The maximum Gasteiger partial charge on any atom is 0.162 e. The van der Waals surface area contributed by atoms with E-state index >= 15 is 0 Å². The third-order valence-electron chi connectivity index (χ3n) is 3.09. The molecular formula is C14H15ClF2. The summed E-state index contributed by atoms with van der Waals surface area (Å²) in [5, 5.41) is 0.0316. The van der Waals surface area contributed by atoms with E-state index in [-0.39, 0.29) is 5.38 Å². The van der Waals surface area contributed by atoms with Gasteiger partial charge in [-0.25, -0.2) is 8.78 Å². The molecule has 0 heterocycles. The van der Waals surface area contributed by atoms with E-state index in [1.165, 1.54) is 0 Å². The Morgan fingerprint density at radius 2 is 2.06 bits per heavy atom. The molecule has 1 unspecified atom stereocenters. The summed E-state index contributed by atoms with van der Waals surface area (Å²) in [5.74, 6) is -1.51. The monoisotopic (exact) mass is 256 g/mol. The van der Waals surface area contributed by atoms with Crippen molar-refractivity contribution in [2.24, 2.45) is 0 Å². The Hall–Kier alpha value is -0.890. The van der Waals surface area contributed by atoms with E-state index in [2.05, 4.69) is 0 Å². The summed E-state index contributed by atoms with van der Waals surface area (Å²) in [5.41, 5.74) is 1.54. The van der Waals surface area contributed by atoms with Crippen molar-refractivity contribution in [2.75, 3.05) is 0 Å². The minimum Gasteiger partial charge on any atom is -0.204 e. The van der Waals surface area contributed by atoms with Gasteiger partial charge in [0.15, 0.2) is 11.6 Å². The number of hydrogen-bond acceptors (Lipinski definition) is 0. The molecule has 1 aliphatic rings. The molecule has 0 nitrogen and oxygen atoms in total. The molecule has 92 valence electrons. The van der Waals surface area contributed by atoms with Crippen LogP contribution in [-0.4, -0.2) is 5.38 Å². The normalized spacial score (nSPS) is 20.9. The number of alkyl halides is 1. The maximum absolute atomic E-state index is 13.5. The quantitative estimate of drug-likeness (QED) is 0.535. The highest BCUT2D eigenvalue weighted by Gasteiger charge is 2.13. The Balaban J connectivity index is 2.17. The number of benzene rings is 1. The first-order chi connectivity index (χ1) is 8.16. The van der Waals surface area contributed by atoms with Gasteiger partial charge in [0.05, 0.1) is 5.38 Å². The molecule has 1 aromatic carbocycles. The van der Waals surface area contributed by atoms with Gasteiger partial charge < -0.3 is 0 Å². The van der Waals surface area contributed by atoms with Crippen LogP contribution in [0, 0.1) is 11.6 Å². The van der Waals surface area contributed by atoms with Crippen molar-refractivity contribution in [1.82, 2.24) is 0 Å². The van der Waals surface area contributed by atoms with Crippen LogP contribution in [0.1, 0.15) is 31.2 Å². The van der Waals surface area contributed by atoms with E-state index in [4.69, 9.17) is 11.6 Å². The molecule has 0 spiro atoms. The molecule has 0 N–H and O–H groups in total. The molecule has 0 aromatic heterocycles. The third-order valence-corrected chi connectivity index (χ3v) is 3.44. The first-order valence-electron chi connectivity index (χ1n) is 5.93. The second-order valence-electron chi connectivity index (χ2n) is 4.48. The fourth-order valence-electron chi connectivity index (χ4n) is 2.19. The first kappa shape index (κ1) is 12.6. The van der Waals surface area contributed by atoms with Gasteiger partial charge in [0.1, 0.15) is 0 Å². The Morgan fingerprint density at radius 3 is 2.88 bits per heavy atom. The highest BCUT2D eigenvalue weighted by atomic mass is 35.5. The van der Waals surface area contributed by atoms with Crippen LogP contribution < -0.4 is 0 Å². The average Bonchev–Trinajstić information content (AvgIpc) is 2.49. The van der Waals surface area contributed by atoms with Crippen LogP contribution in [0.15, 0.2) is 29.8 Å². The zero-order valence-corrected chi connectivity index (χ0v) is 10.3. The van der Waals surface area contributed by atoms with Gasteiger partial charge in [0.2, 0.25) is 0 Å². The number of hydrogen-bond donors (Lipinski definition) is 0. The van der Waals surface area contributed by atoms with Crippen LogP contribution in [0.5, 0.6) is 0 Å². The number of rotatable bonds is 2. The molecule has 2 rings (SSSR count). The summed E-state index contributed by atoms with van der Waals surface area (Å²) in [6.07, 6.45) is 6.54. The van der Waals surface area contributed by atoms with Crippen LogP contribution >= 0.6 is 11.6 Å². The molecular weight excluding hydrogens is 242 g/mol. The molecule has 17 heavy (non-hydrogen) atoms. The SMILES string of the molecule is Fc1cccc(CC2=CC(Cl)CCCC2)c1F. The van der Waals surface area contributed by atoms with Gasteiger partial charge in [0.25, 0.3) is 0 Å². The highest BCUT2D eigenvalue weighted by molar-refractivity contribution is 6.21. The summed E-state index contributed by atoms with van der Waals surface area (Å²) < 4.78 is 26.6. The van der Waals surface area contributed by atoms with Gasteiger partial charge in [-0.1, -0.05) is 30.2 Å². The second-order valence-corrected chi connectivity index (χ2v) is 5.04. The molecule has 1 aromatic rings. The van der Waals surface area contributed by atoms with Crippen molar-refractivity contribution >= 4 is 11.6 Å². The molecule has 0 radical (unpaired) electrons. The lowest BCUT2D eigenvalue weighted by atomic mass is 10.0. The topological polar surface area (TPSA) is 0 Å². The van der Waals surface area contributed by atoms with Crippen LogP contribution in [0.3, 0.4) is 0 Å². The third kappa shape index (κ3) is 3.29. The minimum absolute atomic E-state index is 0.0316. The van der Waals surface area contributed by atoms with Gasteiger partial charge >= 0.3 is 0 Å². The number of allylic oxidation sites excluding steroid dienone is 2. The second kappa shape index (κ2) is 5.63. The zero-order valence-electron chi connectivity index (χ0n) is 9.56. The lowest BCUT2D eigenvalue weighted by molar-refractivity contribution is 0.500. The summed E-state index contributed by atoms with van der Waals surface area (Å²) in [6, 6.07) is 4.32. The van der Waals surface area contributed by atoms with Crippen molar-refractivity contribution in [1.29, 1.82) is 0 Å². The van der Waals surface area contributed by atoms with E-state index in [9.17, 15) is 8.78 Å².